The lowest BCUT2D eigenvalue weighted by Crippen LogP contribution is -2.46. The first-order chi connectivity index (χ1) is 15.6. The summed E-state index contributed by atoms with van der Waals surface area (Å²) in [4.78, 5) is 27.2. The van der Waals surface area contributed by atoms with Gasteiger partial charge in [0.15, 0.2) is 0 Å². The maximum atomic E-state index is 12.9. The quantitative estimate of drug-likeness (QED) is 0.618. The maximum absolute atomic E-state index is 12.9. The van der Waals surface area contributed by atoms with E-state index in [9.17, 15) is 9.59 Å². The van der Waals surface area contributed by atoms with E-state index in [1.54, 1.807) is 0 Å². The van der Waals surface area contributed by atoms with Crippen molar-refractivity contribution in [2.45, 2.75) is 32.2 Å². The molecule has 32 heavy (non-hydrogen) atoms. The lowest BCUT2D eigenvalue weighted by molar-refractivity contribution is -0.121. The van der Waals surface area contributed by atoms with E-state index in [2.05, 4.69) is 5.32 Å². The minimum atomic E-state index is 0.0135. The highest BCUT2D eigenvalue weighted by Gasteiger charge is 2.24. The summed E-state index contributed by atoms with van der Waals surface area (Å²) in [6.45, 7) is 3.86. The number of ether oxygens (including phenoxy) is 1. The Hall–Kier alpha value is -3.54. The van der Waals surface area contributed by atoms with Crippen molar-refractivity contribution in [3.63, 3.8) is 0 Å². The lowest BCUT2D eigenvalue weighted by Gasteiger charge is -2.32. The zero-order chi connectivity index (χ0) is 22.3. The number of rotatable bonds is 7. The number of carbonyl (C=O) groups excluding carboxylic acids is 2. The average molecular weight is 432 g/mol. The molecule has 4 rings (SSSR count). The van der Waals surface area contributed by atoms with Crippen LogP contribution in [0.5, 0.6) is 5.75 Å². The van der Waals surface area contributed by atoms with Gasteiger partial charge in [0.2, 0.25) is 5.91 Å². The molecule has 2 heterocycles. The highest BCUT2D eigenvalue weighted by molar-refractivity contribution is 5.94. The molecule has 1 aliphatic heterocycles. The number of nitrogens with one attached hydrogen (secondary N) is 1. The lowest BCUT2D eigenvalue weighted by atomic mass is 10.0. The van der Waals surface area contributed by atoms with Crippen LogP contribution >= 0.6 is 0 Å². The van der Waals surface area contributed by atoms with E-state index in [0.717, 1.165) is 29.8 Å². The third-order valence-electron chi connectivity index (χ3n) is 5.76. The van der Waals surface area contributed by atoms with Crippen LogP contribution in [0, 0.1) is 0 Å². The third-order valence-corrected chi connectivity index (χ3v) is 5.76. The molecule has 1 aliphatic rings. The summed E-state index contributed by atoms with van der Waals surface area (Å²) in [6, 6.07) is 19.3. The zero-order valence-electron chi connectivity index (χ0n) is 18.4. The van der Waals surface area contributed by atoms with Gasteiger partial charge in [-0.2, -0.15) is 0 Å². The van der Waals surface area contributed by atoms with Crippen molar-refractivity contribution < 1.29 is 14.3 Å². The number of likely N-dealkylation sites (tertiary alicyclic amines) is 1. The Balaban J connectivity index is 1.24. The molecule has 0 radical (unpaired) electrons. The molecule has 6 nitrogen and oxygen atoms in total. The molecule has 3 aromatic rings. The van der Waals surface area contributed by atoms with Crippen LogP contribution < -0.4 is 10.1 Å². The molecule has 1 N–H and O–H groups in total. The number of hydrogen-bond donors (Lipinski definition) is 1. The largest absolute Gasteiger partial charge is 0.494 e. The van der Waals surface area contributed by atoms with Crippen LogP contribution in [0.1, 0.15) is 35.7 Å². The van der Waals surface area contributed by atoms with Crippen molar-refractivity contribution in [2.24, 2.45) is 0 Å². The highest BCUT2D eigenvalue weighted by Crippen LogP contribution is 2.17. The third kappa shape index (κ3) is 5.38. The summed E-state index contributed by atoms with van der Waals surface area (Å²) in [5.41, 5.74) is 2.68. The molecule has 2 amide bonds. The molecule has 0 bridgehead atoms. The van der Waals surface area contributed by atoms with E-state index in [0.29, 0.717) is 31.7 Å². The zero-order valence-corrected chi connectivity index (χ0v) is 18.4. The first-order valence-corrected chi connectivity index (χ1v) is 11.2. The van der Waals surface area contributed by atoms with Gasteiger partial charge in [-0.3, -0.25) is 9.59 Å². The molecule has 0 aliphatic carbocycles. The molecule has 6 heteroatoms. The van der Waals surface area contributed by atoms with Crippen LogP contribution in [0.4, 0.5) is 0 Å². The minimum Gasteiger partial charge on any atom is -0.494 e. The molecule has 1 saturated heterocycles. The topological polar surface area (TPSA) is 63.6 Å². The Labute approximate surface area is 188 Å². The molecular weight excluding hydrogens is 402 g/mol. The van der Waals surface area contributed by atoms with E-state index in [1.165, 1.54) is 0 Å². The van der Waals surface area contributed by atoms with E-state index in [-0.39, 0.29) is 17.9 Å². The van der Waals surface area contributed by atoms with Crippen LogP contribution in [-0.2, 0) is 11.2 Å². The molecule has 2 aromatic carbocycles. The fourth-order valence-corrected chi connectivity index (χ4v) is 4.03. The van der Waals surface area contributed by atoms with Gasteiger partial charge in [0.1, 0.15) is 5.75 Å². The number of carbonyl (C=O) groups is 2. The molecule has 1 fully saturated rings. The van der Waals surface area contributed by atoms with Gasteiger partial charge in [0.25, 0.3) is 5.91 Å². The first kappa shape index (κ1) is 21.7. The molecule has 0 spiro atoms. The molecule has 166 valence electrons. The number of benzene rings is 2. The van der Waals surface area contributed by atoms with Crippen molar-refractivity contribution in [1.82, 2.24) is 14.8 Å². The first-order valence-electron chi connectivity index (χ1n) is 11.2. The van der Waals surface area contributed by atoms with Gasteiger partial charge in [-0.25, -0.2) is 0 Å². The standard InChI is InChI=1S/C26H29N3O3/c1-2-32-24-11-5-20(6-12-24)19-25(30)27-22-13-17-29(18-14-22)26(31)21-7-9-23(10-8-21)28-15-3-4-16-28/h3-12,15-16,22H,2,13-14,17-19H2,1H3,(H,27,30). The predicted octanol–water partition coefficient (Wildman–Crippen LogP) is 3.84. The summed E-state index contributed by atoms with van der Waals surface area (Å²) in [7, 11) is 0. The van der Waals surface area contributed by atoms with E-state index >= 15 is 0 Å². The highest BCUT2D eigenvalue weighted by atomic mass is 16.5. The average Bonchev–Trinajstić information content (AvgIpc) is 3.36. The number of nitrogens with zero attached hydrogens (tertiary/aromatic N) is 2. The normalized spacial score (nSPS) is 14.2. The van der Waals surface area contributed by atoms with Crippen LogP contribution in [0.15, 0.2) is 73.1 Å². The monoisotopic (exact) mass is 431 g/mol. The van der Waals surface area contributed by atoms with Crippen molar-refractivity contribution in [2.75, 3.05) is 19.7 Å². The fraction of sp³-hybridized carbons (Fsp3) is 0.308. The van der Waals surface area contributed by atoms with Crippen LogP contribution in [0.2, 0.25) is 0 Å². The van der Waals surface area contributed by atoms with E-state index in [4.69, 9.17) is 4.74 Å². The van der Waals surface area contributed by atoms with Crippen LogP contribution in [0.25, 0.3) is 5.69 Å². The van der Waals surface area contributed by atoms with Gasteiger partial charge in [-0.05, 0) is 73.9 Å². The summed E-state index contributed by atoms with van der Waals surface area (Å²) in [5, 5.41) is 3.12. The Morgan fingerprint density at radius 1 is 0.969 bits per heavy atom. The molecule has 0 unspecified atom stereocenters. The SMILES string of the molecule is CCOc1ccc(CC(=O)NC2CCN(C(=O)c3ccc(-n4cccc4)cc3)CC2)cc1. The predicted molar refractivity (Wildman–Crippen MR) is 124 cm³/mol. The Bertz CT molecular complexity index is 1020. The number of hydrogen-bond acceptors (Lipinski definition) is 3. The Kier molecular flexibility index (Phi) is 6.90. The minimum absolute atomic E-state index is 0.0135. The number of amides is 2. The summed E-state index contributed by atoms with van der Waals surface area (Å²) < 4.78 is 7.45. The molecule has 1 aromatic heterocycles. The van der Waals surface area contributed by atoms with Crippen molar-refractivity contribution in [3.05, 3.63) is 84.2 Å². The van der Waals surface area contributed by atoms with Gasteiger partial charge < -0.3 is 19.5 Å². The summed E-state index contributed by atoms with van der Waals surface area (Å²) >= 11 is 0. The summed E-state index contributed by atoms with van der Waals surface area (Å²) in [5.74, 6) is 0.871. The number of aromatic nitrogens is 1. The molecule has 0 atom stereocenters. The van der Waals surface area contributed by atoms with Gasteiger partial charge in [0.05, 0.1) is 13.0 Å². The molecule has 0 saturated carbocycles. The fourth-order valence-electron chi connectivity index (χ4n) is 4.03. The number of piperidine rings is 1. The van der Waals surface area contributed by atoms with Crippen molar-refractivity contribution in [3.8, 4) is 11.4 Å². The van der Waals surface area contributed by atoms with Crippen LogP contribution in [-0.4, -0.2) is 47.0 Å². The second kappa shape index (κ2) is 10.2. The van der Waals surface area contributed by atoms with Crippen LogP contribution in [0.3, 0.4) is 0 Å². The van der Waals surface area contributed by atoms with Crippen molar-refractivity contribution in [1.29, 1.82) is 0 Å². The second-order valence-corrected chi connectivity index (χ2v) is 8.02. The second-order valence-electron chi connectivity index (χ2n) is 8.02. The van der Waals surface area contributed by atoms with Crippen molar-refractivity contribution >= 4 is 11.8 Å². The van der Waals surface area contributed by atoms with Gasteiger partial charge in [-0.1, -0.05) is 12.1 Å². The Morgan fingerprint density at radius 2 is 1.62 bits per heavy atom. The van der Waals surface area contributed by atoms with Gasteiger partial charge >= 0.3 is 0 Å². The Morgan fingerprint density at radius 3 is 2.25 bits per heavy atom. The summed E-state index contributed by atoms with van der Waals surface area (Å²) in [6.07, 6.45) is 5.83. The smallest absolute Gasteiger partial charge is 0.253 e. The maximum Gasteiger partial charge on any atom is 0.253 e. The van der Waals surface area contributed by atoms with E-state index in [1.807, 2.05) is 89.4 Å². The molecular formula is C26H29N3O3. The van der Waals surface area contributed by atoms with Gasteiger partial charge in [0, 0.05) is 42.8 Å². The van der Waals surface area contributed by atoms with Gasteiger partial charge in [-0.15, -0.1) is 0 Å². The van der Waals surface area contributed by atoms with E-state index < -0.39 is 0 Å².